The number of aryl methyl sites for hydroxylation is 1. The van der Waals surface area contributed by atoms with Crippen LogP contribution in [-0.4, -0.2) is 62.0 Å². The topological polar surface area (TPSA) is 85.4 Å². The monoisotopic (exact) mass is 478 g/mol. The Morgan fingerprint density at radius 2 is 1.74 bits per heavy atom. The lowest BCUT2D eigenvalue weighted by molar-refractivity contribution is -0.139. The van der Waals surface area contributed by atoms with Crippen LogP contribution >= 0.6 is 0 Å². The van der Waals surface area contributed by atoms with Gasteiger partial charge in [0.2, 0.25) is 17.6 Å². The largest absolute Gasteiger partial charge is 0.493 e. The Balaban J connectivity index is 1.27. The number of likely N-dealkylation sites (tertiary alicyclic amines) is 1. The van der Waals surface area contributed by atoms with Crippen LogP contribution in [0.4, 0.5) is 5.69 Å². The van der Waals surface area contributed by atoms with Gasteiger partial charge < -0.3 is 24.0 Å². The summed E-state index contributed by atoms with van der Waals surface area (Å²) in [6.07, 6.45) is 1.55. The maximum atomic E-state index is 13.3. The summed E-state index contributed by atoms with van der Waals surface area (Å²) in [6, 6.07) is 11.2. The quantitative estimate of drug-likeness (QED) is 0.670. The number of nitrogens with zero attached hydrogens (tertiary/aromatic N) is 2. The molecule has 35 heavy (non-hydrogen) atoms. The van der Waals surface area contributed by atoms with Crippen LogP contribution in [0, 0.1) is 12.8 Å². The molecule has 0 saturated carbocycles. The van der Waals surface area contributed by atoms with Crippen molar-refractivity contribution in [2.24, 2.45) is 5.92 Å². The number of ketones is 1. The van der Waals surface area contributed by atoms with Crippen LogP contribution in [-0.2, 0) is 9.59 Å². The molecule has 3 aliphatic heterocycles. The summed E-state index contributed by atoms with van der Waals surface area (Å²) in [6.45, 7) is 3.34. The van der Waals surface area contributed by atoms with Gasteiger partial charge >= 0.3 is 0 Å². The lowest BCUT2D eigenvalue weighted by atomic mass is 9.82. The standard InChI is InChI=1S/C27H30N2O6/c1-17-4-6-19(7-5-17)29-16-18(14-23(29)31)26(32)28-12-10-27(11-13-28)15-21(30)20-8-9-22(33-2)25(34-3)24(20)35-27/h4-9,18H,10-16H2,1-3H3. The van der Waals surface area contributed by atoms with Crippen LogP contribution in [0.15, 0.2) is 36.4 Å². The number of anilines is 1. The molecule has 3 aliphatic rings. The van der Waals surface area contributed by atoms with E-state index in [1.807, 2.05) is 36.1 Å². The fraction of sp³-hybridized carbons (Fsp3) is 0.444. The number of methoxy groups -OCH3 is 2. The van der Waals surface area contributed by atoms with Gasteiger partial charge in [-0.2, -0.15) is 0 Å². The molecule has 5 rings (SSSR count). The molecule has 1 unspecified atom stereocenters. The Kier molecular flexibility index (Phi) is 5.91. The molecule has 0 aliphatic carbocycles. The zero-order valence-corrected chi connectivity index (χ0v) is 20.3. The summed E-state index contributed by atoms with van der Waals surface area (Å²) in [5.74, 6) is 0.936. The molecule has 0 N–H and O–H groups in total. The number of fused-ring (bicyclic) bond motifs is 1. The Hall–Kier alpha value is -3.55. The Bertz CT molecular complexity index is 1170. The summed E-state index contributed by atoms with van der Waals surface area (Å²) >= 11 is 0. The Morgan fingerprint density at radius 1 is 1.03 bits per heavy atom. The van der Waals surface area contributed by atoms with Crippen molar-refractivity contribution in [3.8, 4) is 17.2 Å². The Labute approximate surface area is 204 Å². The minimum atomic E-state index is -0.681. The molecular formula is C27H30N2O6. The average Bonchev–Trinajstić information content (AvgIpc) is 3.25. The zero-order chi connectivity index (χ0) is 24.7. The molecular weight excluding hydrogens is 448 g/mol. The van der Waals surface area contributed by atoms with Gasteiger partial charge in [-0.15, -0.1) is 0 Å². The first kappa shape index (κ1) is 23.2. The number of Topliss-reactive ketones (excluding diaryl/α,β-unsaturated/α-hetero) is 1. The first-order valence-electron chi connectivity index (χ1n) is 12.0. The van der Waals surface area contributed by atoms with Crippen LogP contribution < -0.4 is 19.1 Å². The van der Waals surface area contributed by atoms with E-state index in [-0.39, 0.29) is 36.4 Å². The number of hydrogen-bond acceptors (Lipinski definition) is 6. The van der Waals surface area contributed by atoms with E-state index < -0.39 is 5.60 Å². The molecule has 0 aromatic heterocycles. The first-order chi connectivity index (χ1) is 16.8. The highest BCUT2D eigenvalue weighted by Gasteiger charge is 2.46. The second-order valence-corrected chi connectivity index (χ2v) is 9.63. The van der Waals surface area contributed by atoms with E-state index in [0.717, 1.165) is 11.3 Å². The van der Waals surface area contributed by atoms with Crippen molar-refractivity contribution in [2.45, 2.75) is 38.2 Å². The summed E-state index contributed by atoms with van der Waals surface area (Å²) in [4.78, 5) is 42.4. The van der Waals surface area contributed by atoms with Gasteiger partial charge in [0, 0.05) is 44.6 Å². The van der Waals surface area contributed by atoms with Crippen molar-refractivity contribution in [2.75, 3.05) is 38.8 Å². The van der Waals surface area contributed by atoms with Crippen molar-refractivity contribution in [1.82, 2.24) is 4.90 Å². The highest BCUT2D eigenvalue weighted by atomic mass is 16.5. The van der Waals surface area contributed by atoms with Gasteiger partial charge in [0.05, 0.1) is 32.1 Å². The predicted molar refractivity (Wildman–Crippen MR) is 129 cm³/mol. The fourth-order valence-electron chi connectivity index (χ4n) is 5.38. The van der Waals surface area contributed by atoms with Gasteiger partial charge in [0.1, 0.15) is 5.60 Å². The normalized spacial score (nSPS) is 21.1. The van der Waals surface area contributed by atoms with Gasteiger partial charge in [-0.3, -0.25) is 14.4 Å². The SMILES string of the molecule is COc1ccc2c(c1OC)OC1(CCN(C(=O)C3CC(=O)N(c4ccc(C)cc4)C3)CC1)CC2=O. The molecule has 1 spiro atoms. The number of benzene rings is 2. The van der Waals surface area contributed by atoms with Gasteiger partial charge in [-0.25, -0.2) is 0 Å². The van der Waals surface area contributed by atoms with Crippen LogP contribution in [0.2, 0.25) is 0 Å². The summed E-state index contributed by atoms with van der Waals surface area (Å²) in [5, 5.41) is 0. The third-order valence-electron chi connectivity index (χ3n) is 7.41. The lowest BCUT2D eigenvalue weighted by Crippen LogP contribution is -2.53. The van der Waals surface area contributed by atoms with Crippen molar-refractivity contribution in [1.29, 1.82) is 0 Å². The van der Waals surface area contributed by atoms with Crippen LogP contribution in [0.1, 0.15) is 41.6 Å². The van der Waals surface area contributed by atoms with E-state index >= 15 is 0 Å². The lowest BCUT2D eigenvalue weighted by Gasteiger charge is -2.44. The number of hydrogen-bond donors (Lipinski definition) is 0. The molecule has 0 radical (unpaired) electrons. The van der Waals surface area contributed by atoms with E-state index in [2.05, 4.69) is 0 Å². The summed E-state index contributed by atoms with van der Waals surface area (Å²) in [7, 11) is 3.07. The highest BCUT2D eigenvalue weighted by molar-refractivity contribution is 6.02. The van der Waals surface area contributed by atoms with Gasteiger partial charge in [0.25, 0.3) is 0 Å². The minimum Gasteiger partial charge on any atom is -0.493 e. The van der Waals surface area contributed by atoms with Crippen LogP contribution in [0.25, 0.3) is 0 Å². The first-order valence-corrected chi connectivity index (χ1v) is 12.0. The highest BCUT2D eigenvalue weighted by Crippen LogP contribution is 2.48. The smallest absolute Gasteiger partial charge is 0.228 e. The van der Waals surface area contributed by atoms with Crippen molar-refractivity contribution in [3.63, 3.8) is 0 Å². The molecule has 8 nitrogen and oxygen atoms in total. The molecule has 2 fully saturated rings. The fourth-order valence-corrected chi connectivity index (χ4v) is 5.38. The second kappa shape index (κ2) is 8.91. The number of amides is 2. The second-order valence-electron chi connectivity index (χ2n) is 9.63. The van der Waals surface area contributed by atoms with Crippen molar-refractivity contribution in [3.05, 3.63) is 47.5 Å². The summed E-state index contributed by atoms with van der Waals surface area (Å²) in [5.41, 5.74) is 1.76. The minimum absolute atomic E-state index is 0.00195. The maximum Gasteiger partial charge on any atom is 0.228 e. The third-order valence-corrected chi connectivity index (χ3v) is 7.41. The molecule has 2 aromatic carbocycles. The molecule has 0 bridgehead atoms. The molecule has 2 saturated heterocycles. The molecule has 3 heterocycles. The number of carbonyl (C=O) groups is 3. The van der Waals surface area contributed by atoms with E-state index in [0.29, 0.717) is 55.3 Å². The van der Waals surface area contributed by atoms with E-state index in [1.54, 1.807) is 24.1 Å². The van der Waals surface area contributed by atoms with Crippen molar-refractivity contribution >= 4 is 23.3 Å². The maximum absolute atomic E-state index is 13.3. The number of rotatable bonds is 4. The number of ether oxygens (including phenoxy) is 3. The number of carbonyl (C=O) groups excluding carboxylic acids is 3. The third kappa shape index (κ3) is 4.11. The van der Waals surface area contributed by atoms with Gasteiger partial charge in [-0.05, 0) is 31.2 Å². The van der Waals surface area contributed by atoms with Crippen LogP contribution in [0.3, 0.4) is 0 Å². The molecule has 184 valence electrons. The summed E-state index contributed by atoms with van der Waals surface area (Å²) < 4.78 is 17.3. The van der Waals surface area contributed by atoms with E-state index in [9.17, 15) is 14.4 Å². The van der Waals surface area contributed by atoms with E-state index in [1.165, 1.54) is 7.11 Å². The predicted octanol–water partition coefficient (Wildman–Crippen LogP) is 3.39. The van der Waals surface area contributed by atoms with Gasteiger partial charge in [0.15, 0.2) is 17.3 Å². The zero-order valence-electron chi connectivity index (χ0n) is 20.3. The molecule has 2 aromatic rings. The van der Waals surface area contributed by atoms with Gasteiger partial charge in [-0.1, -0.05) is 17.7 Å². The Morgan fingerprint density at radius 3 is 2.40 bits per heavy atom. The van der Waals surface area contributed by atoms with Crippen LogP contribution in [0.5, 0.6) is 17.2 Å². The molecule has 1 atom stereocenters. The molecule has 8 heteroatoms. The number of piperidine rings is 1. The van der Waals surface area contributed by atoms with Crippen molar-refractivity contribution < 1.29 is 28.6 Å². The average molecular weight is 479 g/mol. The molecule has 2 amide bonds. The van der Waals surface area contributed by atoms with E-state index in [4.69, 9.17) is 14.2 Å².